The maximum Gasteiger partial charge on any atom is 0.256 e. The molecule has 0 bridgehead atoms. The van der Waals surface area contributed by atoms with Crippen LogP contribution in [0.4, 0.5) is 5.69 Å². The van der Waals surface area contributed by atoms with Gasteiger partial charge < -0.3 is 10.6 Å². The second-order valence-electron chi connectivity index (χ2n) is 4.28. The summed E-state index contributed by atoms with van der Waals surface area (Å²) in [6.45, 7) is 1.05. The minimum atomic E-state index is 0.0231. The summed E-state index contributed by atoms with van der Waals surface area (Å²) in [5.41, 5.74) is 2.77. The number of hydrogen-bond acceptors (Lipinski definition) is 2. The van der Waals surface area contributed by atoms with Gasteiger partial charge in [0.1, 0.15) is 0 Å². The predicted octanol–water partition coefficient (Wildman–Crippen LogP) is 1.77. The summed E-state index contributed by atoms with van der Waals surface area (Å²) in [5.74, 6) is 0.0231. The Morgan fingerprint density at radius 3 is 3.00 bits per heavy atom. The minimum Gasteiger partial charge on any atom is -0.321 e. The van der Waals surface area contributed by atoms with Crippen molar-refractivity contribution in [3.63, 3.8) is 0 Å². The Morgan fingerprint density at radius 1 is 1.31 bits per heavy atom. The summed E-state index contributed by atoms with van der Waals surface area (Å²) >= 11 is 0. The lowest BCUT2D eigenvalue weighted by Gasteiger charge is -2.04. The Labute approximate surface area is 94.5 Å². The highest BCUT2D eigenvalue weighted by molar-refractivity contribution is 6.31. The number of para-hydroxylation sites is 1. The van der Waals surface area contributed by atoms with Gasteiger partial charge in [-0.1, -0.05) is 24.3 Å². The van der Waals surface area contributed by atoms with E-state index in [1.807, 2.05) is 24.3 Å². The number of anilines is 1. The molecule has 2 aliphatic heterocycles. The van der Waals surface area contributed by atoms with Crippen LogP contribution in [0.1, 0.15) is 18.4 Å². The normalized spacial score (nSPS) is 25.9. The van der Waals surface area contributed by atoms with Crippen LogP contribution in [0.15, 0.2) is 30.3 Å². The summed E-state index contributed by atoms with van der Waals surface area (Å²) in [6.07, 6.45) is 4.38. The minimum absolute atomic E-state index is 0.0231. The number of hydrogen-bond donors (Lipinski definition) is 2. The Balaban J connectivity index is 1.98. The molecule has 3 rings (SSSR count). The van der Waals surface area contributed by atoms with E-state index in [2.05, 4.69) is 16.7 Å². The fourth-order valence-corrected chi connectivity index (χ4v) is 2.36. The van der Waals surface area contributed by atoms with E-state index in [1.165, 1.54) is 6.42 Å². The standard InChI is InChI=1S/C13H14N2O/c16-13-11(8-9-4-3-7-14-9)10-5-1-2-6-12(10)15-13/h1-2,5-6,8-9,14H,3-4,7H2,(H,15,16)/b11-8-. The highest BCUT2D eigenvalue weighted by Crippen LogP contribution is 2.31. The quantitative estimate of drug-likeness (QED) is 0.699. The van der Waals surface area contributed by atoms with Crippen molar-refractivity contribution in [1.82, 2.24) is 5.32 Å². The Hall–Kier alpha value is -1.61. The van der Waals surface area contributed by atoms with Crippen LogP contribution in [0.25, 0.3) is 5.57 Å². The van der Waals surface area contributed by atoms with Gasteiger partial charge in [-0.25, -0.2) is 0 Å². The summed E-state index contributed by atoms with van der Waals surface area (Å²) in [7, 11) is 0. The van der Waals surface area contributed by atoms with Crippen LogP contribution >= 0.6 is 0 Å². The van der Waals surface area contributed by atoms with Gasteiger partial charge in [0.05, 0.1) is 0 Å². The van der Waals surface area contributed by atoms with Crippen LogP contribution in [0.2, 0.25) is 0 Å². The molecule has 2 heterocycles. The number of fused-ring (bicyclic) bond motifs is 1. The third kappa shape index (κ3) is 1.53. The van der Waals surface area contributed by atoms with Gasteiger partial charge in [0.15, 0.2) is 0 Å². The number of carbonyl (C=O) groups excluding carboxylic acids is 1. The summed E-state index contributed by atoms with van der Waals surface area (Å²) in [5, 5.41) is 6.26. The van der Waals surface area contributed by atoms with Crippen molar-refractivity contribution in [2.45, 2.75) is 18.9 Å². The molecule has 1 aromatic carbocycles. The van der Waals surface area contributed by atoms with Crippen LogP contribution in [-0.4, -0.2) is 18.5 Å². The second kappa shape index (κ2) is 3.76. The molecule has 0 spiro atoms. The van der Waals surface area contributed by atoms with Gasteiger partial charge in [-0.15, -0.1) is 0 Å². The largest absolute Gasteiger partial charge is 0.321 e. The third-order valence-corrected chi connectivity index (χ3v) is 3.18. The first-order valence-electron chi connectivity index (χ1n) is 5.70. The lowest BCUT2D eigenvalue weighted by atomic mass is 10.0. The van der Waals surface area contributed by atoms with E-state index in [0.717, 1.165) is 29.8 Å². The van der Waals surface area contributed by atoms with E-state index in [-0.39, 0.29) is 5.91 Å². The molecule has 3 nitrogen and oxygen atoms in total. The molecule has 2 aliphatic rings. The molecule has 1 fully saturated rings. The van der Waals surface area contributed by atoms with Gasteiger partial charge >= 0.3 is 0 Å². The Kier molecular flexibility index (Phi) is 2.26. The molecule has 82 valence electrons. The Bertz CT molecular complexity index is 459. The topological polar surface area (TPSA) is 41.1 Å². The van der Waals surface area contributed by atoms with Gasteiger partial charge in [-0.2, -0.15) is 0 Å². The van der Waals surface area contributed by atoms with Gasteiger partial charge in [0, 0.05) is 22.9 Å². The van der Waals surface area contributed by atoms with E-state index in [1.54, 1.807) is 0 Å². The Morgan fingerprint density at radius 2 is 2.19 bits per heavy atom. The van der Waals surface area contributed by atoms with Crippen molar-refractivity contribution in [2.24, 2.45) is 0 Å². The van der Waals surface area contributed by atoms with E-state index in [4.69, 9.17) is 0 Å². The molecule has 16 heavy (non-hydrogen) atoms. The average molecular weight is 214 g/mol. The monoisotopic (exact) mass is 214 g/mol. The molecular formula is C13H14N2O. The van der Waals surface area contributed by atoms with Gasteiger partial charge in [-0.3, -0.25) is 4.79 Å². The van der Waals surface area contributed by atoms with Crippen LogP contribution < -0.4 is 10.6 Å². The molecular weight excluding hydrogens is 200 g/mol. The number of benzene rings is 1. The van der Waals surface area contributed by atoms with Crippen molar-refractivity contribution in [1.29, 1.82) is 0 Å². The molecule has 2 N–H and O–H groups in total. The first kappa shape index (κ1) is 9.60. The molecule has 1 unspecified atom stereocenters. The molecule has 0 saturated carbocycles. The highest BCUT2D eigenvalue weighted by atomic mass is 16.2. The molecule has 0 radical (unpaired) electrons. The average Bonchev–Trinajstić information content (AvgIpc) is 2.89. The number of amides is 1. The molecule has 0 aliphatic carbocycles. The third-order valence-electron chi connectivity index (χ3n) is 3.18. The first-order chi connectivity index (χ1) is 7.84. The summed E-state index contributed by atoms with van der Waals surface area (Å²) < 4.78 is 0. The van der Waals surface area contributed by atoms with E-state index in [9.17, 15) is 4.79 Å². The van der Waals surface area contributed by atoms with E-state index in [0.29, 0.717) is 6.04 Å². The fraction of sp³-hybridized carbons (Fsp3) is 0.308. The van der Waals surface area contributed by atoms with Crippen molar-refractivity contribution in [2.75, 3.05) is 11.9 Å². The number of nitrogens with one attached hydrogen (secondary N) is 2. The van der Waals surface area contributed by atoms with E-state index >= 15 is 0 Å². The zero-order valence-corrected chi connectivity index (χ0v) is 8.99. The van der Waals surface area contributed by atoms with Crippen molar-refractivity contribution in [3.8, 4) is 0 Å². The van der Waals surface area contributed by atoms with Crippen LogP contribution in [0, 0.1) is 0 Å². The van der Waals surface area contributed by atoms with Crippen LogP contribution in [0.3, 0.4) is 0 Å². The van der Waals surface area contributed by atoms with Gasteiger partial charge in [0.2, 0.25) is 0 Å². The smallest absolute Gasteiger partial charge is 0.256 e. The zero-order chi connectivity index (χ0) is 11.0. The zero-order valence-electron chi connectivity index (χ0n) is 8.99. The number of carbonyl (C=O) groups is 1. The molecule has 1 atom stereocenters. The van der Waals surface area contributed by atoms with Crippen LogP contribution in [-0.2, 0) is 4.79 Å². The SMILES string of the molecule is O=C1Nc2ccccc2/C1=C/C1CCCN1. The number of rotatable bonds is 1. The predicted molar refractivity (Wildman–Crippen MR) is 64.1 cm³/mol. The molecule has 1 saturated heterocycles. The summed E-state index contributed by atoms with van der Waals surface area (Å²) in [6, 6.07) is 8.20. The lowest BCUT2D eigenvalue weighted by Crippen LogP contribution is -2.19. The highest BCUT2D eigenvalue weighted by Gasteiger charge is 2.25. The molecule has 3 heteroatoms. The maximum atomic E-state index is 11.8. The van der Waals surface area contributed by atoms with E-state index < -0.39 is 0 Å². The first-order valence-corrected chi connectivity index (χ1v) is 5.70. The van der Waals surface area contributed by atoms with Crippen LogP contribution in [0.5, 0.6) is 0 Å². The molecule has 0 aromatic heterocycles. The summed E-state index contributed by atoms with van der Waals surface area (Å²) in [4.78, 5) is 11.8. The fourth-order valence-electron chi connectivity index (χ4n) is 2.36. The molecule has 1 aromatic rings. The lowest BCUT2D eigenvalue weighted by molar-refractivity contribution is -0.110. The maximum absolute atomic E-state index is 11.8. The van der Waals surface area contributed by atoms with Crippen molar-refractivity contribution >= 4 is 17.2 Å². The molecule has 1 amide bonds. The van der Waals surface area contributed by atoms with Crippen molar-refractivity contribution in [3.05, 3.63) is 35.9 Å². The second-order valence-corrected chi connectivity index (χ2v) is 4.28. The van der Waals surface area contributed by atoms with Gasteiger partial charge in [-0.05, 0) is 25.5 Å². The van der Waals surface area contributed by atoms with Crippen molar-refractivity contribution < 1.29 is 4.79 Å². The van der Waals surface area contributed by atoms with Gasteiger partial charge in [0.25, 0.3) is 5.91 Å².